The number of hydrogen-bond acceptors (Lipinski definition) is 4. The van der Waals surface area contributed by atoms with Crippen LogP contribution in [0.3, 0.4) is 0 Å². The van der Waals surface area contributed by atoms with Gasteiger partial charge in [0.2, 0.25) is 0 Å². The predicted molar refractivity (Wildman–Crippen MR) is 64.9 cm³/mol. The third kappa shape index (κ3) is 2.59. The predicted octanol–water partition coefficient (Wildman–Crippen LogP) is 1.24. The van der Waals surface area contributed by atoms with Gasteiger partial charge in [-0.25, -0.2) is 4.98 Å². The first-order valence-corrected chi connectivity index (χ1v) is 6.44. The molecule has 1 fully saturated rings. The lowest BCUT2D eigenvalue weighted by Crippen LogP contribution is -2.42. The minimum Gasteiger partial charge on any atom is -0.348 e. The summed E-state index contributed by atoms with van der Waals surface area (Å²) in [6.45, 7) is 5.80. The number of aryl methyl sites for hydroxylation is 2. The number of amides is 1. The monoisotopic (exact) mass is 239 g/mol. The number of piperidine rings is 1. The molecule has 1 aromatic heterocycles. The number of aromatic nitrogens is 1. The Balaban J connectivity index is 1.99. The van der Waals surface area contributed by atoms with Crippen molar-refractivity contribution in [3.8, 4) is 0 Å². The van der Waals surface area contributed by atoms with Crippen molar-refractivity contribution in [2.75, 3.05) is 13.1 Å². The molecule has 1 aliphatic heterocycles. The maximum Gasteiger partial charge on any atom is 0.263 e. The average Bonchev–Trinajstić information content (AvgIpc) is 2.59. The molecule has 2 N–H and O–H groups in total. The van der Waals surface area contributed by atoms with Gasteiger partial charge in [0.05, 0.1) is 10.7 Å². The molecule has 0 aliphatic carbocycles. The van der Waals surface area contributed by atoms with E-state index < -0.39 is 0 Å². The number of carbonyl (C=O) groups is 1. The van der Waals surface area contributed by atoms with E-state index in [4.69, 9.17) is 0 Å². The number of nitrogens with zero attached hydrogens (tertiary/aromatic N) is 1. The van der Waals surface area contributed by atoms with E-state index in [-0.39, 0.29) is 5.91 Å². The van der Waals surface area contributed by atoms with E-state index >= 15 is 0 Å². The fourth-order valence-electron chi connectivity index (χ4n) is 1.96. The van der Waals surface area contributed by atoms with Crippen LogP contribution in [0.2, 0.25) is 0 Å². The highest BCUT2D eigenvalue weighted by molar-refractivity contribution is 7.13. The molecule has 2 rings (SSSR count). The topological polar surface area (TPSA) is 54.0 Å². The minimum absolute atomic E-state index is 0.0370. The maximum absolute atomic E-state index is 12.0. The molecule has 0 spiro atoms. The molecule has 5 heteroatoms. The first kappa shape index (κ1) is 11.5. The highest BCUT2D eigenvalue weighted by Crippen LogP contribution is 2.17. The van der Waals surface area contributed by atoms with Gasteiger partial charge in [-0.3, -0.25) is 4.79 Å². The van der Waals surface area contributed by atoms with Crippen LogP contribution in [0.25, 0.3) is 0 Å². The van der Waals surface area contributed by atoms with Gasteiger partial charge in [0, 0.05) is 6.04 Å². The number of rotatable bonds is 2. The van der Waals surface area contributed by atoms with Crippen molar-refractivity contribution in [3.05, 3.63) is 15.6 Å². The summed E-state index contributed by atoms with van der Waals surface area (Å²) in [4.78, 5) is 17.0. The van der Waals surface area contributed by atoms with E-state index in [2.05, 4.69) is 15.6 Å². The van der Waals surface area contributed by atoms with E-state index in [1.165, 1.54) is 11.3 Å². The Hall–Kier alpha value is -0.940. The highest BCUT2D eigenvalue weighted by Gasteiger charge is 2.19. The lowest BCUT2D eigenvalue weighted by atomic mass is 10.1. The summed E-state index contributed by atoms with van der Waals surface area (Å²) in [6, 6.07) is 0.315. The number of hydrogen-bond donors (Lipinski definition) is 2. The molecule has 0 saturated carbocycles. The van der Waals surface area contributed by atoms with Crippen molar-refractivity contribution in [2.24, 2.45) is 0 Å². The lowest BCUT2D eigenvalue weighted by molar-refractivity contribution is 0.0933. The Morgan fingerprint density at radius 3 is 2.69 bits per heavy atom. The molecule has 0 atom stereocenters. The zero-order valence-electron chi connectivity index (χ0n) is 9.67. The molecule has 1 saturated heterocycles. The Morgan fingerprint density at radius 1 is 1.44 bits per heavy atom. The zero-order valence-corrected chi connectivity index (χ0v) is 10.5. The quantitative estimate of drug-likeness (QED) is 0.816. The second kappa shape index (κ2) is 4.93. The van der Waals surface area contributed by atoms with Crippen LogP contribution >= 0.6 is 11.3 Å². The summed E-state index contributed by atoms with van der Waals surface area (Å²) >= 11 is 1.47. The normalized spacial score (nSPS) is 17.4. The van der Waals surface area contributed by atoms with Gasteiger partial charge >= 0.3 is 0 Å². The number of carbonyl (C=O) groups excluding carboxylic acids is 1. The first-order chi connectivity index (χ1) is 7.66. The van der Waals surface area contributed by atoms with E-state index in [0.717, 1.165) is 41.5 Å². The SMILES string of the molecule is Cc1nc(C)c(C(=O)NC2CCNCC2)s1. The van der Waals surface area contributed by atoms with Gasteiger partial charge in [-0.1, -0.05) is 0 Å². The van der Waals surface area contributed by atoms with Crippen LogP contribution in [0.5, 0.6) is 0 Å². The van der Waals surface area contributed by atoms with Gasteiger partial charge in [-0.2, -0.15) is 0 Å². The van der Waals surface area contributed by atoms with E-state index in [1.807, 2.05) is 13.8 Å². The Kier molecular flexibility index (Phi) is 3.56. The first-order valence-electron chi connectivity index (χ1n) is 5.62. The fourth-order valence-corrected chi connectivity index (χ4v) is 2.78. The van der Waals surface area contributed by atoms with Gasteiger partial charge < -0.3 is 10.6 Å². The molecule has 1 amide bonds. The standard InChI is InChI=1S/C11H17N3OS/c1-7-10(16-8(2)13-7)11(15)14-9-3-5-12-6-4-9/h9,12H,3-6H2,1-2H3,(H,14,15). The van der Waals surface area contributed by atoms with E-state index in [1.54, 1.807) is 0 Å². The van der Waals surface area contributed by atoms with Crippen LogP contribution in [0.4, 0.5) is 0 Å². The fraction of sp³-hybridized carbons (Fsp3) is 0.636. The minimum atomic E-state index is 0.0370. The van der Waals surface area contributed by atoms with E-state index in [9.17, 15) is 4.79 Å². The Morgan fingerprint density at radius 2 is 2.12 bits per heavy atom. The summed E-state index contributed by atoms with van der Waals surface area (Å²) < 4.78 is 0. The number of nitrogens with one attached hydrogen (secondary N) is 2. The van der Waals surface area contributed by atoms with Crippen molar-refractivity contribution in [1.29, 1.82) is 0 Å². The third-order valence-corrected chi connectivity index (χ3v) is 3.86. The van der Waals surface area contributed by atoms with Crippen LogP contribution < -0.4 is 10.6 Å². The molecule has 4 nitrogen and oxygen atoms in total. The smallest absolute Gasteiger partial charge is 0.263 e. The van der Waals surface area contributed by atoms with Crippen LogP contribution in [0.15, 0.2) is 0 Å². The van der Waals surface area contributed by atoms with Gasteiger partial charge in [0.25, 0.3) is 5.91 Å². The summed E-state index contributed by atoms with van der Waals surface area (Å²) in [5, 5.41) is 7.31. The van der Waals surface area contributed by atoms with Gasteiger partial charge in [-0.15, -0.1) is 11.3 Å². The van der Waals surface area contributed by atoms with Crippen LogP contribution in [-0.4, -0.2) is 30.0 Å². The number of thiazole rings is 1. The summed E-state index contributed by atoms with van der Waals surface area (Å²) in [6.07, 6.45) is 2.03. The molecule has 16 heavy (non-hydrogen) atoms. The second-order valence-electron chi connectivity index (χ2n) is 4.15. The Bertz CT molecular complexity index is 383. The average molecular weight is 239 g/mol. The third-order valence-electron chi connectivity index (χ3n) is 2.78. The van der Waals surface area contributed by atoms with Crippen LogP contribution in [0.1, 0.15) is 33.2 Å². The molecular formula is C11H17N3OS. The zero-order chi connectivity index (χ0) is 11.5. The van der Waals surface area contributed by atoms with Gasteiger partial charge in [0.15, 0.2) is 0 Å². The molecule has 1 aliphatic rings. The van der Waals surface area contributed by atoms with Crippen LogP contribution in [0, 0.1) is 13.8 Å². The molecule has 0 unspecified atom stereocenters. The summed E-state index contributed by atoms with van der Waals surface area (Å²) in [5.41, 5.74) is 0.842. The highest BCUT2D eigenvalue weighted by atomic mass is 32.1. The molecule has 88 valence electrons. The largest absolute Gasteiger partial charge is 0.348 e. The molecular weight excluding hydrogens is 222 g/mol. The van der Waals surface area contributed by atoms with Crippen molar-refractivity contribution in [1.82, 2.24) is 15.6 Å². The van der Waals surface area contributed by atoms with Gasteiger partial charge in [-0.05, 0) is 39.8 Å². The lowest BCUT2D eigenvalue weighted by Gasteiger charge is -2.23. The van der Waals surface area contributed by atoms with Crippen molar-refractivity contribution in [2.45, 2.75) is 32.7 Å². The van der Waals surface area contributed by atoms with Crippen molar-refractivity contribution >= 4 is 17.2 Å². The molecule has 1 aromatic rings. The van der Waals surface area contributed by atoms with Crippen molar-refractivity contribution in [3.63, 3.8) is 0 Å². The summed E-state index contributed by atoms with van der Waals surface area (Å²) in [7, 11) is 0. The molecule has 0 radical (unpaired) electrons. The molecule has 0 aromatic carbocycles. The maximum atomic E-state index is 12.0. The summed E-state index contributed by atoms with van der Waals surface area (Å²) in [5.74, 6) is 0.0370. The second-order valence-corrected chi connectivity index (χ2v) is 5.35. The molecule has 2 heterocycles. The van der Waals surface area contributed by atoms with E-state index in [0.29, 0.717) is 6.04 Å². The van der Waals surface area contributed by atoms with Crippen molar-refractivity contribution < 1.29 is 4.79 Å². The van der Waals surface area contributed by atoms with Gasteiger partial charge in [0.1, 0.15) is 4.88 Å². The Labute approximate surface area is 99.5 Å². The molecule has 0 bridgehead atoms. The van der Waals surface area contributed by atoms with Crippen LogP contribution in [-0.2, 0) is 0 Å².